The van der Waals surface area contributed by atoms with E-state index in [2.05, 4.69) is 10.6 Å². The lowest BCUT2D eigenvalue weighted by atomic mass is 10.0. The monoisotopic (exact) mass is 454 g/mol. The maximum atomic E-state index is 12.9. The van der Waals surface area contributed by atoms with Crippen molar-refractivity contribution in [3.63, 3.8) is 0 Å². The molecule has 0 aliphatic heterocycles. The zero-order valence-corrected chi connectivity index (χ0v) is 18.3. The zero-order valence-electron chi connectivity index (χ0n) is 17.5. The van der Waals surface area contributed by atoms with Gasteiger partial charge in [0, 0.05) is 35.7 Å². The second-order valence-corrected chi connectivity index (χ2v) is 8.06. The largest absolute Gasteiger partial charge is 0.383 e. The van der Waals surface area contributed by atoms with Crippen LogP contribution in [0.1, 0.15) is 25.6 Å². The first kappa shape index (κ1) is 22.9. The second kappa shape index (κ2) is 10.0. The van der Waals surface area contributed by atoms with Crippen molar-refractivity contribution in [3.05, 3.63) is 74.6 Å². The molecule has 0 atom stereocenters. The average molecular weight is 455 g/mol. The molecular weight excluding hydrogens is 432 g/mol. The van der Waals surface area contributed by atoms with Crippen molar-refractivity contribution in [1.82, 2.24) is 0 Å². The summed E-state index contributed by atoms with van der Waals surface area (Å²) in [6.45, 7) is 2.58. The van der Waals surface area contributed by atoms with Gasteiger partial charge in [-0.2, -0.15) is 0 Å². The number of aryl methyl sites for hydroxylation is 1. The Morgan fingerprint density at radius 3 is 2.53 bits per heavy atom. The molecule has 2 amide bonds. The summed E-state index contributed by atoms with van der Waals surface area (Å²) in [5.74, 6) is -1.26. The molecule has 0 aliphatic carbocycles. The van der Waals surface area contributed by atoms with Gasteiger partial charge in [-0.1, -0.05) is 30.3 Å². The number of primary amides is 1. The lowest BCUT2D eigenvalue weighted by Crippen LogP contribution is -2.17. The van der Waals surface area contributed by atoms with E-state index in [0.29, 0.717) is 23.7 Å². The first-order valence-electron chi connectivity index (χ1n) is 9.64. The number of carbonyl (C=O) groups excluding carboxylic acids is 2. The predicted octanol–water partition coefficient (Wildman–Crippen LogP) is 4.04. The van der Waals surface area contributed by atoms with Crippen molar-refractivity contribution < 1.29 is 19.2 Å². The van der Waals surface area contributed by atoms with Crippen LogP contribution in [0.3, 0.4) is 0 Å². The molecule has 0 aliphatic rings. The van der Waals surface area contributed by atoms with Gasteiger partial charge >= 0.3 is 0 Å². The second-order valence-electron chi connectivity index (χ2n) is 6.83. The molecule has 0 saturated carbocycles. The van der Waals surface area contributed by atoms with Crippen molar-refractivity contribution in [2.45, 2.75) is 6.92 Å². The average Bonchev–Trinajstić information content (AvgIpc) is 3.10. The molecule has 0 radical (unpaired) electrons. The molecule has 3 aromatic rings. The van der Waals surface area contributed by atoms with Gasteiger partial charge in [-0.15, -0.1) is 11.3 Å². The van der Waals surface area contributed by atoms with Crippen LogP contribution in [0.4, 0.5) is 16.4 Å². The maximum Gasteiger partial charge on any atom is 0.293 e. The van der Waals surface area contributed by atoms with Crippen LogP contribution >= 0.6 is 11.3 Å². The first-order valence-corrected chi connectivity index (χ1v) is 10.5. The fraction of sp³-hybridized carbons (Fsp3) is 0.182. The van der Waals surface area contributed by atoms with E-state index < -0.39 is 16.7 Å². The van der Waals surface area contributed by atoms with Crippen molar-refractivity contribution >= 4 is 39.5 Å². The highest BCUT2D eigenvalue weighted by Gasteiger charge is 2.24. The first-order chi connectivity index (χ1) is 15.3. The van der Waals surface area contributed by atoms with Crippen LogP contribution in [0.15, 0.2) is 48.5 Å². The summed E-state index contributed by atoms with van der Waals surface area (Å²) in [7, 11) is 1.53. The number of benzene rings is 2. The third-order valence-corrected chi connectivity index (χ3v) is 5.72. The van der Waals surface area contributed by atoms with E-state index in [-0.39, 0.29) is 22.5 Å². The van der Waals surface area contributed by atoms with E-state index in [1.54, 1.807) is 0 Å². The molecule has 2 aromatic carbocycles. The molecule has 10 heteroatoms. The summed E-state index contributed by atoms with van der Waals surface area (Å²) in [6.07, 6.45) is 0. The quantitative estimate of drug-likeness (QED) is 0.254. The van der Waals surface area contributed by atoms with E-state index in [1.165, 1.54) is 36.6 Å². The highest BCUT2D eigenvalue weighted by atomic mass is 32.1. The molecule has 32 heavy (non-hydrogen) atoms. The number of nitro benzene ring substituents is 1. The summed E-state index contributed by atoms with van der Waals surface area (Å²) >= 11 is 1.22. The van der Waals surface area contributed by atoms with Gasteiger partial charge in [-0.05, 0) is 24.6 Å². The van der Waals surface area contributed by atoms with Gasteiger partial charge in [0.1, 0.15) is 10.7 Å². The van der Waals surface area contributed by atoms with E-state index in [4.69, 9.17) is 10.5 Å². The van der Waals surface area contributed by atoms with E-state index >= 15 is 0 Å². The number of ether oxygens (including phenoxy) is 1. The Balaban J connectivity index is 1.93. The summed E-state index contributed by atoms with van der Waals surface area (Å²) in [5, 5.41) is 17.4. The number of nitrogens with two attached hydrogens (primary N) is 1. The lowest BCUT2D eigenvalue weighted by molar-refractivity contribution is -0.384. The molecule has 0 fully saturated rings. The summed E-state index contributed by atoms with van der Waals surface area (Å²) in [6, 6.07) is 13.4. The molecule has 166 valence electrons. The zero-order chi connectivity index (χ0) is 23.3. The number of rotatable bonds is 9. The highest BCUT2D eigenvalue weighted by molar-refractivity contribution is 7.17. The maximum absolute atomic E-state index is 12.9. The normalized spacial score (nSPS) is 10.6. The van der Waals surface area contributed by atoms with E-state index in [1.807, 2.05) is 37.3 Å². The highest BCUT2D eigenvalue weighted by Crippen LogP contribution is 2.40. The van der Waals surface area contributed by atoms with Crippen LogP contribution in [-0.2, 0) is 4.74 Å². The van der Waals surface area contributed by atoms with Crippen molar-refractivity contribution in [2.24, 2.45) is 5.73 Å². The number of nitrogens with one attached hydrogen (secondary N) is 2. The van der Waals surface area contributed by atoms with Crippen LogP contribution < -0.4 is 16.4 Å². The molecule has 1 aromatic heterocycles. The Hall–Kier alpha value is -3.76. The molecule has 4 N–H and O–H groups in total. The summed E-state index contributed by atoms with van der Waals surface area (Å²) in [4.78, 5) is 36.8. The fourth-order valence-electron chi connectivity index (χ4n) is 3.26. The minimum Gasteiger partial charge on any atom is -0.383 e. The number of anilines is 2. The molecule has 3 rings (SSSR count). The predicted molar refractivity (Wildman–Crippen MR) is 124 cm³/mol. The number of hydrogen-bond donors (Lipinski definition) is 3. The molecule has 0 unspecified atom stereocenters. The van der Waals surface area contributed by atoms with Gasteiger partial charge in [-0.3, -0.25) is 19.7 Å². The van der Waals surface area contributed by atoms with Crippen LogP contribution in [0.2, 0.25) is 0 Å². The van der Waals surface area contributed by atoms with E-state index in [9.17, 15) is 19.7 Å². The Labute approximate surface area is 188 Å². The molecule has 0 bridgehead atoms. The fourth-order valence-corrected chi connectivity index (χ4v) is 4.33. The van der Waals surface area contributed by atoms with Crippen molar-refractivity contribution in [2.75, 3.05) is 30.9 Å². The third-order valence-electron chi connectivity index (χ3n) is 4.70. The SMILES string of the molecule is COCCNc1ccc(C(=O)Nc2sc(C)c(-c3ccccc3)c2C(N)=O)cc1[N+](=O)[O-]. The number of methoxy groups -OCH3 is 1. The molecule has 1 heterocycles. The molecular formula is C22H22N4O5S. The van der Waals surface area contributed by atoms with Gasteiger partial charge < -0.3 is 21.1 Å². The Morgan fingerprint density at radius 1 is 1.19 bits per heavy atom. The summed E-state index contributed by atoms with van der Waals surface area (Å²) in [5.41, 5.74) is 7.41. The number of nitro groups is 1. The number of carbonyl (C=O) groups is 2. The van der Waals surface area contributed by atoms with Crippen molar-refractivity contribution in [3.8, 4) is 11.1 Å². The lowest BCUT2D eigenvalue weighted by Gasteiger charge is -2.09. The van der Waals surface area contributed by atoms with Gasteiger partial charge in [0.05, 0.1) is 17.1 Å². The number of amides is 2. The molecule has 0 spiro atoms. The van der Waals surface area contributed by atoms with Gasteiger partial charge in [0.15, 0.2) is 0 Å². The Bertz CT molecular complexity index is 1160. The third kappa shape index (κ3) is 4.93. The topological polar surface area (TPSA) is 137 Å². The Kier molecular flexibility index (Phi) is 7.18. The van der Waals surface area contributed by atoms with Crippen LogP contribution in [-0.4, -0.2) is 37.0 Å². The summed E-state index contributed by atoms with van der Waals surface area (Å²) < 4.78 is 4.93. The van der Waals surface area contributed by atoms with Gasteiger partial charge in [-0.25, -0.2) is 0 Å². The molecule has 0 saturated heterocycles. The number of thiophene rings is 1. The van der Waals surface area contributed by atoms with Gasteiger partial charge in [0.2, 0.25) is 0 Å². The van der Waals surface area contributed by atoms with Gasteiger partial charge in [0.25, 0.3) is 17.5 Å². The number of nitrogens with zero attached hydrogens (tertiary/aromatic N) is 1. The Morgan fingerprint density at radius 2 is 1.91 bits per heavy atom. The molecule has 9 nitrogen and oxygen atoms in total. The van der Waals surface area contributed by atoms with Crippen LogP contribution in [0.25, 0.3) is 11.1 Å². The van der Waals surface area contributed by atoms with Crippen molar-refractivity contribution in [1.29, 1.82) is 0 Å². The standard InChI is InChI=1S/C22H22N4O5S/c1-13-18(14-6-4-3-5-7-14)19(20(23)27)22(32-13)25-21(28)15-8-9-16(24-10-11-31-2)17(12-15)26(29)30/h3-9,12,24H,10-11H2,1-2H3,(H2,23,27)(H,25,28). The van der Waals surface area contributed by atoms with E-state index in [0.717, 1.165) is 10.4 Å². The number of hydrogen-bond acceptors (Lipinski definition) is 7. The van der Waals surface area contributed by atoms with Crippen LogP contribution in [0.5, 0.6) is 0 Å². The van der Waals surface area contributed by atoms with Crippen LogP contribution in [0, 0.1) is 17.0 Å². The minimum atomic E-state index is -0.674. The smallest absolute Gasteiger partial charge is 0.293 e. The minimum absolute atomic E-state index is 0.0803.